The number of benzene rings is 3. The lowest BCUT2D eigenvalue weighted by molar-refractivity contribution is 0.102. The predicted octanol–water partition coefficient (Wildman–Crippen LogP) is 3.83. The van der Waals surface area contributed by atoms with Crippen molar-refractivity contribution in [2.24, 2.45) is 7.05 Å². The molecule has 2 aliphatic rings. The molecule has 3 heterocycles. The molecular weight excluding hydrogens is 450 g/mol. The Kier molecular flexibility index (Phi) is 5.47. The summed E-state index contributed by atoms with van der Waals surface area (Å²) in [6.45, 7) is 3.15. The van der Waals surface area contributed by atoms with Gasteiger partial charge in [-0.2, -0.15) is 10.4 Å². The highest BCUT2D eigenvalue weighted by Gasteiger charge is 2.33. The van der Waals surface area contributed by atoms with Gasteiger partial charge in [0.1, 0.15) is 12.4 Å². The summed E-state index contributed by atoms with van der Waals surface area (Å²) in [5, 5.41) is 17.3. The summed E-state index contributed by atoms with van der Waals surface area (Å²) < 4.78 is 1.65. The highest BCUT2D eigenvalue weighted by atomic mass is 16.1. The van der Waals surface area contributed by atoms with Crippen molar-refractivity contribution in [3.05, 3.63) is 95.3 Å². The van der Waals surface area contributed by atoms with E-state index in [4.69, 9.17) is 0 Å². The molecule has 1 atom stereocenters. The van der Waals surface area contributed by atoms with Crippen LogP contribution in [0.25, 0.3) is 11.4 Å². The van der Waals surface area contributed by atoms with E-state index in [2.05, 4.69) is 43.4 Å². The molecular formula is C28H25N7O. The largest absolute Gasteiger partial charge is 0.368 e. The van der Waals surface area contributed by atoms with E-state index in [-0.39, 0.29) is 11.9 Å². The fraction of sp³-hybridized carbons (Fsp3) is 0.214. The predicted molar refractivity (Wildman–Crippen MR) is 138 cm³/mol. The van der Waals surface area contributed by atoms with Gasteiger partial charge in [-0.25, -0.2) is 4.98 Å². The van der Waals surface area contributed by atoms with Gasteiger partial charge in [0.2, 0.25) is 0 Å². The number of nitrogens with one attached hydrogen (secondary N) is 1. The normalized spacial score (nSPS) is 17.5. The van der Waals surface area contributed by atoms with Crippen LogP contribution in [0.4, 0.5) is 11.4 Å². The molecule has 1 amide bonds. The number of hydrogen-bond donors (Lipinski definition) is 1. The maximum absolute atomic E-state index is 13.0. The summed E-state index contributed by atoms with van der Waals surface area (Å²) >= 11 is 0. The second kappa shape index (κ2) is 8.95. The maximum atomic E-state index is 13.0. The lowest BCUT2D eigenvalue weighted by Crippen LogP contribution is -2.48. The number of aryl methyl sites for hydroxylation is 1. The summed E-state index contributed by atoms with van der Waals surface area (Å²) in [5.41, 5.74) is 6.08. The number of amides is 1. The molecule has 1 unspecified atom stereocenters. The molecule has 1 aromatic heterocycles. The fourth-order valence-corrected chi connectivity index (χ4v) is 5.28. The number of aromatic nitrogens is 3. The summed E-state index contributed by atoms with van der Waals surface area (Å²) in [6.07, 6.45) is 1.65. The van der Waals surface area contributed by atoms with Gasteiger partial charge in [-0.05, 0) is 41.5 Å². The van der Waals surface area contributed by atoms with Crippen molar-refractivity contribution >= 4 is 17.3 Å². The van der Waals surface area contributed by atoms with Crippen molar-refractivity contribution in [2.45, 2.75) is 6.04 Å². The van der Waals surface area contributed by atoms with E-state index in [0.29, 0.717) is 17.0 Å². The zero-order valence-electron chi connectivity index (χ0n) is 19.9. The van der Waals surface area contributed by atoms with Crippen LogP contribution in [0.3, 0.4) is 0 Å². The molecule has 1 saturated heterocycles. The first-order valence-corrected chi connectivity index (χ1v) is 12.0. The highest BCUT2D eigenvalue weighted by molar-refractivity contribution is 6.07. The van der Waals surface area contributed by atoms with Crippen molar-refractivity contribution < 1.29 is 4.79 Å². The van der Waals surface area contributed by atoms with Crippen LogP contribution in [0.2, 0.25) is 0 Å². The van der Waals surface area contributed by atoms with Gasteiger partial charge < -0.3 is 10.2 Å². The molecule has 0 aliphatic carbocycles. The average Bonchev–Trinajstić information content (AvgIpc) is 3.31. The average molecular weight is 476 g/mol. The van der Waals surface area contributed by atoms with Crippen molar-refractivity contribution in [1.82, 2.24) is 19.7 Å². The molecule has 36 heavy (non-hydrogen) atoms. The van der Waals surface area contributed by atoms with Gasteiger partial charge >= 0.3 is 0 Å². The third-order valence-electron chi connectivity index (χ3n) is 7.00. The van der Waals surface area contributed by atoms with Crippen LogP contribution in [0, 0.1) is 11.3 Å². The summed E-state index contributed by atoms with van der Waals surface area (Å²) in [7, 11) is 1.83. The van der Waals surface area contributed by atoms with Gasteiger partial charge in [-0.3, -0.25) is 14.4 Å². The van der Waals surface area contributed by atoms with E-state index in [1.54, 1.807) is 11.0 Å². The number of fused-ring (bicyclic) bond motifs is 2. The Morgan fingerprint density at radius 2 is 1.72 bits per heavy atom. The smallest absolute Gasteiger partial charge is 0.256 e. The molecule has 1 fully saturated rings. The van der Waals surface area contributed by atoms with Crippen molar-refractivity contribution in [1.29, 1.82) is 5.26 Å². The summed E-state index contributed by atoms with van der Waals surface area (Å²) in [6, 6.07) is 24.1. The molecule has 4 aromatic rings. The quantitative estimate of drug-likeness (QED) is 0.484. The SMILES string of the molecule is Cn1cnc(-c2ccc(N3CCN(C4c5ccccc5NC(=O)c5ccccc54)CC3)c(C#N)c2)n1. The lowest BCUT2D eigenvalue weighted by atomic mass is 9.93. The number of para-hydroxylation sites is 1. The number of nitrogens with zero attached hydrogens (tertiary/aromatic N) is 6. The summed E-state index contributed by atoms with van der Waals surface area (Å²) in [4.78, 5) is 22.0. The van der Waals surface area contributed by atoms with E-state index in [9.17, 15) is 10.1 Å². The minimum Gasteiger partial charge on any atom is -0.368 e. The first-order valence-electron chi connectivity index (χ1n) is 12.0. The second-order valence-electron chi connectivity index (χ2n) is 9.14. The number of carbonyl (C=O) groups excluding carboxylic acids is 1. The van der Waals surface area contributed by atoms with Crippen molar-refractivity contribution in [2.75, 3.05) is 36.4 Å². The van der Waals surface area contributed by atoms with Crippen LogP contribution in [-0.2, 0) is 7.05 Å². The number of carbonyl (C=O) groups is 1. The van der Waals surface area contributed by atoms with Gasteiger partial charge in [0, 0.05) is 50.0 Å². The molecule has 6 rings (SSSR count). The van der Waals surface area contributed by atoms with Crippen LogP contribution in [0.5, 0.6) is 0 Å². The topological polar surface area (TPSA) is 90.1 Å². The van der Waals surface area contributed by atoms with Crippen molar-refractivity contribution in [3.63, 3.8) is 0 Å². The lowest BCUT2D eigenvalue weighted by Gasteiger charge is -2.41. The van der Waals surface area contributed by atoms with E-state index in [0.717, 1.165) is 54.2 Å². The van der Waals surface area contributed by atoms with Crippen LogP contribution in [0.15, 0.2) is 73.1 Å². The van der Waals surface area contributed by atoms with Gasteiger partial charge in [-0.1, -0.05) is 36.4 Å². The molecule has 8 heteroatoms. The standard InChI is InChI=1S/C28H25N7O/c1-33-18-30-27(32-33)19-10-11-25(20(16-19)17-29)34-12-14-35(15-13-34)26-21-6-2-3-7-22(21)28(36)31-24-9-5-4-8-23(24)26/h2-11,16,18,26H,12-15H2,1H3,(H,31,36). The van der Waals surface area contributed by atoms with Crippen molar-refractivity contribution in [3.8, 4) is 17.5 Å². The zero-order valence-corrected chi connectivity index (χ0v) is 19.9. The summed E-state index contributed by atoms with van der Waals surface area (Å²) in [5.74, 6) is 0.541. The maximum Gasteiger partial charge on any atom is 0.256 e. The molecule has 2 aliphatic heterocycles. The molecule has 0 saturated carbocycles. The molecule has 0 bridgehead atoms. The Labute approximate surface area is 209 Å². The third kappa shape index (κ3) is 3.80. The molecule has 3 aromatic carbocycles. The number of piperazine rings is 1. The van der Waals surface area contributed by atoms with Gasteiger partial charge in [0.15, 0.2) is 5.82 Å². The molecule has 8 nitrogen and oxygen atoms in total. The van der Waals surface area contributed by atoms with E-state index in [1.807, 2.05) is 61.6 Å². The van der Waals surface area contributed by atoms with Crippen LogP contribution >= 0.6 is 0 Å². The number of hydrogen-bond acceptors (Lipinski definition) is 6. The van der Waals surface area contributed by atoms with E-state index < -0.39 is 0 Å². The van der Waals surface area contributed by atoms with Gasteiger partial charge in [-0.15, -0.1) is 0 Å². The molecule has 178 valence electrons. The second-order valence-corrected chi connectivity index (χ2v) is 9.14. The van der Waals surface area contributed by atoms with Crippen LogP contribution in [-0.4, -0.2) is 51.8 Å². The minimum absolute atomic E-state index is 0.0217. The molecule has 0 radical (unpaired) electrons. The fourth-order valence-electron chi connectivity index (χ4n) is 5.28. The van der Waals surface area contributed by atoms with Gasteiger partial charge in [0.25, 0.3) is 5.91 Å². The number of nitriles is 1. The molecule has 0 spiro atoms. The monoisotopic (exact) mass is 475 g/mol. The third-order valence-corrected chi connectivity index (χ3v) is 7.00. The van der Waals surface area contributed by atoms with Gasteiger partial charge in [0.05, 0.1) is 17.3 Å². The zero-order chi connectivity index (χ0) is 24.6. The Morgan fingerprint density at radius 3 is 2.47 bits per heavy atom. The Hall–Kier alpha value is -4.48. The Balaban J connectivity index is 1.28. The van der Waals surface area contributed by atoms with E-state index in [1.165, 1.54) is 0 Å². The first-order chi connectivity index (χ1) is 17.6. The molecule has 1 N–H and O–H groups in total. The highest BCUT2D eigenvalue weighted by Crippen LogP contribution is 2.39. The first kappa shape index (κ1) is 22.0. The Bertz CT molecular complexity index is 1490. The van der Waals surface area contributed by atoms with E-state index >= 15 is 0 Å². The number of rotatable bonds is 3. The van der Waals surface area contributed by atoms with Crippen LogP contribution < -0.4 is 10.2 Å². The van der Waals surface area contributed by atoms with Crippen LogP contribution in [0.1, 0.15) is 33.1 Å². The minimum atomic E-state index is -0.0691. The Morgan fingerprint density at radius 1 is 0.972 bits per heavy atom. The number of anilines is 2.